The molecule has 0 aliphatic heterocycles. The molecule has 5 nitrogen and oxygen atoms in total. The van der Waals surface area contributed by atoms with Crippen molar-refractivity contribution in [2.75, 3.05) is 27.4 Å². The zero-order chi connectivity index (χ0) is 22.1. The van der Waals surface area contributed by atoms with Gasteiger partial charge in [0.05, 0.1) is 14.2 Å². The third-order valence-corrected chi connectivity index (χ3v) is 4.83. The highest BCUT2D eigenvalue weighted by Gasteiger charge is 2.15. The number of halogens is 1. The molecule has 0 spiro atoms. The SMILES string of the molecule is COc1ccc(CN(Cc2ccc(F)cc2)C[C@@H](O)COc2ccccc2)cc1OC. The van der Waals surface area contributed by atoms with E-state index in [9.17, 15) is 9.50 Å². The summed E-state index contributed by atoms with van der Waals surface area (Å²) in [6, 6.07) is 21.5. The number of para-hydroxylation sites is 1. The molecule has 3 aromatic rings. The van der Waals surface area contributed by atoms with Crippen LogP contribution >= 0.6 is 0 Å². The van der Waals surface area contributed by atoms with E-state index in [0.717, 1.165) is 11.1 Å². The van der Waals surface area contributed by atoms with Gasteiger partial charge in [0.15, 0.2) is 11.5 Å². The summed E-state index contributed by atoms with van der Waals surface area (Å²) in [7, 11) is 3.20. The van der Waals surface area contributed by atoms with Crippen LogP contribution in [0.4, 0.5) is 4.39 Å². The standard InChI is InChI=1S/C25H28FNO4/c1-29-24-13-10-20(14-25(24)30-2)16-27(15-19-8-11-21(26)12-9-19)17-22(28)18-31-23-6-4-3-5-7-23/h3-14,22,28H,15-18H2,1-2H3/t22-/m1/s1. The molecule has 0 saturated heterocycles. The van der Waals surface area contributed by atoms with Gasteiger partial charge in [0.2, 0.25) is 0 Å². The molecule has 0 saturated carbocycles. The maximum Gasteiger partial charge on any atom is 0.161 e. The van der Waals surface area contributed by atoms with Crippen LogP contribution < -0.4 is 14.2 Å². The molecule has 0 fully saturated rings. The number of nitrogens with zero attached hydrogens (tertiary/aromatic N) is 1. The topological polar surface area (TPSA) is 51.2 Å². The van der Waals surface area contributed by atoms with Crippen LogP contribution in [0.1, 0.15) is 11.1 Å². The van der Waals surface area contributed by atoms with E-state index < -0.39 is 6.10 Å². The normalized spacial score (nSPS) is 11.9. The molecule has 0 radical (unpaired) electrons. The molecule has 0 aromatic heterocycles. The Morgan fingerprint density at radius 1 is 0.839 bits per heavy atom. The predicted molar refractivity (Wildman–Crippen MR) is 118 cm³/mol. The lowest BCUT2D eigenvalue weighted by Crippen LogP contribution is -2.35. The molecule has 6 heteroatoms. The van der Waals surface area contributed by atoms with Crippen LogP contribution in [0, 0.1) is 5.82 Å². The maximum atomic E-state index is 13.3. The van der Waals surface area contributed by atoms with Gasteiger partial charge in [-0.3, -0.25) is 4.90 Å². The summed E-state index contributed by atoms with van der Waals surface area (Å²) >= 11 is 0. The molecular formula is C25H28FNO4. The second-order valence-electron chi connectivity index (χ2n) is 7.26. The second kappa shape index (κ2) is 11.3. The van der Waals surface area contributed by atoms with Gasteiger partial charge in [-0.05, 0) is 47.5 Å². The molecule has 0 unspecified atom stereocenters. The molecule has 0 heterocycles. The Hall–Kier alpha value is -3.09. The fraction of sp³-hybridized carbons (Fsp3) is 0.280. The van der Waals surface area contributed by atoms with E-state index in [-0.39, 0.29) is 12.4 Å². The van der Waals surface area contributed by atoms with Crippen molar-refractivity contribution in [1.82, 2.24) is 4.90 Å². The molecule has 3 rings (SSSR count). The Kier molecular flexibility index (Phi) is 8.27. The first kappa shape index (κ1) is 22.6. The van der Waals surface area contributed by atoms with E-state index in [1.807, 2.05) is 48.5 Å². The lowest BCUT2D eigenvalue weighted by molar-refractivity contribution is 0.0628. The highest BCUT2D eigenvalue weighted by atomic mass is 19.1. The van der Waals surface area contributed by atoms with Gasteiger partial charge in [0.25, 0.3) is 0 Å². The third kappa shape index (κ3) is 6.98. The molecule has 31 heavy (non-hydrogen) atoms. The first-order valence-electron chi connectivity index (χ1n) is 10.1. The fourth-order valence-corrected chi connectivity index (χ4v) is 3.33. The van der Waals surface area contributed by atoms with Crippen LogP contribution in [0.5, 0.6) is 17.2 Å². The minimum absolute atomic E-state index is 0.176. The van der Waals surface area contributed by atoms with Crippen molar-refractivity contribution in [3.8, 4) is 17.2 Å². The van der Waals surface area contributed by atoms with Gasteiger partial charge in [-0.25, -0.2) is 4.39 Å². The average Bonchev–Trinajstić information content (AvgIpc) is 2.79. The van der Waals surface area contributed by atoms with Crippen LogP contribution in [-0.2, 0) is 13.1 Å². The van der Waals surface area contributed by atoms with E-state index in [1.54, 1.807) is 26.4 Å². The number of aliphatic hydroxyl groups is 1. The molecule has 0 aliphatic rings. The Morgan fingerprint density at radius 2 is 1.48 bits per heavy atom. The molecule has 164 valence electrons. The number of methoxy groups -OCH3 is 2. The summed E-state index contributed by atoms with van der Waals surface area (Å²) < 4.78 is 29.7. The summed E-state index contributed by atoms with van der Waals surface area (Å²) in [5.74, 6) is 1.75. The van der Waals surface area contributed by atoms with Crippen LogP contribution in [-0.4, -0.2) is 43.5 Å². The predicted octanol–water partition coefficient (Wildman–Crippen LogP) is 4.29. The molecule has 0 amide bonds. The van der Waals surface area contributed by atoms with Crippen molar-refractivity contribution in [2.45, 2.75) is 19.2 Å². The van der Waals surface area contributed by atoms with E-state index in [1.165, 1.54) is 12.1 Å². The maximum absolute atomic E-state index is 13.3. The smallest absolute Gasteiger partial charge is 0.161 e. The molecular weight excluding hydrogens is 397 g/mol. The number of hydrogen-bond acceptors (Lipinski definition) is 5. The molecule has 0 aliphatic carbocycles. The van der Waals surface area contributed by atoms with E-state index in [2.05, 4.69) is 4.90 Å². The van der Waals surface area contributed by atoms with Gasteiger partial charge in [0.1, 0.15) is 24.3 Å². The zero-order valence-corrected chi connectivity index (χ0v) is 17.8. The number of rotatable bonds is 11. The van der Waals surface area contributed by atoms with Gasteiger partial charge < -0.3 is 19.3 Å². The largest absolute Gasteiger partial charge is 0.493 e. The van der Waals surface area contributed by atoms with Crippen molar-refractivity contribution >= 4 is 0 Å². The minimum Gasteiger partial charge on any atom is -0.493 e. The summed E-state index contributed by atoms with van der Waals surface area (Å²) in [6.07, 6.45) is -0.694. The van der Waals surface area contributed by atoms with Gasteiger partial charge in [0, 0.05) is 19.6 Å². The molecule has 1 N–H and O–H groups in total. The molecule has 3 aromatic carbocycles. The van der Waals surface area contributed by atoms with Crippen molar-refractivity contribution in [2.24, 2.45) is 0 Å². The molecule has 1 atom stereocenters. The quantitative estimate of drug-likeness (QED) is 0.497. The first-order chi connectivity index (χ1) is 15.1. The third-order valence-electron chi connectivity index (χ3n) is 4.83. The highest BCUT2D eigenvalue weighted by Crippen LogP contribution is 2.28. The summed E-state index contributed by atoms with van der Waals surface area (Å²) in [5.41, 5.74) is 1.97. The number of benzene rings is 3. The number of aliphatic hydroxyl groups excluding tert-OH is 1. The first-order valence-corrected chi connectivity index (χ1v) is 10.1. The Morgan fingerprint density at radius 3 is 2.16 bits per heavy atom. The van der Waals surface area contributed by atoms with E-state index >= 15 is 0 Å². The van der Waals surface area contributed by atoms with Gasteiger partial charge in [-0.15, -0.1) is 0 Å². The second-order valence-corrected chi connectivity index (χ2v) is 7.26. The Labute approximate surface area is 182 Å². The van der Waals surface area contributed by atoms with Crippen molar-refractivity contribution in [1.29, 1.82) is 0 Å². The minimum atomic E-state index is -0.694. The summed E-state index contributed by atoms with van der Waals surface area (Å²) in [4.78, 5) is 2.09. The van der Waals surface area contributed by atoms with Crippen molar-refractivity contribution in [3.05, 3.63) is 89.7 Å². The lowest BCUT2D eigenvalue weighted by atomic mass is 10.1. The lowest BCUT2D eigenvalue weighted by Gasteiger charge is -2.26. The van der Waals surface area contributed by atoms with E-state index in [0.29, 0.717) is 36.9 Å². The number of ether oxygens (including phenoxy) is 3. The fourth-order valence-electron chi connectivity index (χ4n) is 3.33. The van der Waals surface area contributed by atoms with Crippen LogP contribution in [0.25, 0.3) is 0 Å². The van der Waals surface area contributed by atoms with Crippen molar-refractivity contribution < 1.29 is 23.7 Å². The van der Waals surface area contributed by atoms with Crippen LogP contribution in [0.2, 0.25) is 0 Å². The van der Waals surface area contributed by atoms with Gasteiger partial charge >= 0.3 is 0 Å². The van der Waals surface area contributed by atoms with E-state index in [4.69, 9.17) is 14.2 Å². The zero-order valence-electron chi connectivity index (χ0n) is 17.8. The van der Waals surface area contributed by atoms with Gasteiger partial charge in [-0.1, -0.05) is 36.4 Å². The monoisotopic (exact) mass is 425 g/mol. The summed E-state index contributed by atoms with van der Waals surface area (Å²) in [5, 5.41) is 10.6. The van der Waals surface area contributed by atoms with Gasteiger partial charge in [-0.2, -0.15) is 0 Å². The van der Waals surface area contributed by atoms with Crippen LogP contribution in [0.15, 0.2) is 72.8 Å². The Bertz CT molecular complexity index is 934. The average molecular weight is 426 g/mol. The highest BCUT2D eigenvalue weighted by molar-refractivity contribution is 5.42. The van der Waals surface area contributed by atoms with Crippen LogP contribution in [0.3, 0.4) is 0 Å². The van der Waals surface area contributed by atoms with Crippen molar-refractivity contribution in [3.63, 3.8) is 0 Å². The molecule has 0 bridgehead atoms. The number of hydrogen-bond donors (Lipinski definition) is 1. The Balaban J connectivity index is 1.70. The summed E-state index contributed by atoms with van der Waals surface area (Å²) in [6.45, 7) is 1.69.